The van der Waals surface area contributed by atoms with Crippen LogP contribution in [0.4, 0.5) is 0 Å². The summed E-state index contributed by atoms with van der Waals surface area (Å²) in [6.45, 7) is -0.0840. The normalized spacial score (nSPS) is 14.8. The molecule has 0 aromatic rings. The number of hydrogen-bond donors (Lipinski definition) is 1. The minimum absolute atomic E-state index is 0.0840. The highest BCUT2D eigenvalue weighted by atomic mass is 16.2. The molecule has 0 heterocycles. The van der Waals surface area contributed by atoms with Gasteiger partial charge in [0.05, 0.1) is 0 Å². The number of aliphatic hydroxyl groups is 1. The van der Waals surface area contributed by atoms with Gasteiger partial charge >= 0.3 is 0 Å². The van der Waals surface area contributed by atoms with Crippen LogP contribution in [0.3, 0.4) is 0 Å². The molecule has 1 rings (SSSR count). The highest BCUT2D eigenvalue weighted by Crippen LogP contribution is 2.27. The molecule has 1 heteroatoms. The first-order valence-electron chi connectivity index (χ1n) is 3.02. The second kappa shape index (κ2) is 3.17. The fraction of sp³-hybridized carbons (Fsp3) is 0.500. The van der Waals surface area contributed by atoms with Gasteiger partial charge in [0.25, 0.3) is 0 Å². The van der Waals surface area contributed by atoms with Gasteiger partial charge in [-0.05, 0) is 24.7 Å². The predicted octanol–water partition coefficient (Wildman–Crippen LogP) is 0.395. The molecule has 0 saturated heterocycles. The number of hydrogen-bond acceptors (Lipinski definition) is 1. The van der Waals surface area contributed by atoms with Crippen LogP contribution in [-0.2, 0) is 0 Å². The first-order chi connectivity index (χ1) is 4.43. The topological polar surface area (TPSA) is 20.2 Å². The Labute approximate surface area is 55.1 Å². The van der Waals surface area contributed by atoms with Crippen molar-refractivity contribution in [3.8, 4) is 23.7 Å². The van der Waals surface area contributed by atoms with Gasteiger partial charge in [-0.2, -0.15) is 0 Å². The summed E-state index contributed by atoms with van der Waals surface area (Å²) >= 11 is 0. The van der Waals surface area contributed by atoms with E-state index in [0.29, 0.717) is 5.92 Å². The molecule has 0 aromatic heterocycles. The van der Waals surface area contributed by atoms with E-state index in [1.807, 2.05) is 0 Å². The van der Waals surface area contributed by atoms with E-state index in [1.54, 1.807) is 0 Å². The van der Waals surface area contributed by atoms with Gasteiger partial charge in [-0.25, -0.2) is 0 Å². The number of aliphatic hydroxyl groups excluding tert-OH is 1. The van der Waals surface area contributed by atoms with E-state index in [2.05, 4.69) is 23.7 Å². The summed E-state index contributed by atoms with van der Waals surface area (Å²) in [5.41, 5.74) is 0. The van der Waals surface area contributed by atoms with Crippen LogP contribution in [0.5, 0.6) is 0 Å². The van der Waals surface area contributed by atoms with Gasteiger partial charge < -0.3 is 5.11 Å². The maximum Gasteiger partial charge on any atom is 0.105 e. The lowest BCUT2D eigenvalue weighted by Gasteiger charge is -1.66. The van der Waals surface area contributed by atoms with E-state index in [9.17, 15) is 0 Å². The molecule has 0 radical (unpaired) electrons. The molecule has 46 valence electrons. The van der Waals surface area contributed by atoms with Crippen LogP contribution in [0.15, 0.2) is 0 Å². The first-order valence-corrected chi connectivity index (χ1v) is 3.02. The Morgan fingerprint density at radius 3 is 2.67 bits per heavy atom. The van der Waals surface area contributed by atoms with Crippen LogP contribution in [0.25, 0.3) is 0 Å². The van der Waals surface area contributed by atoms with Crippen molar-refractivity contribution in [3.05, 3.63) is 0 Å². The quantitative estimate of drug-likeness (QED) is 0.459. The fourth-order valence-corrected chi connectivity index (χ4v) is 0.450. The van der Waals surface area contributed by atoms with E-state index in [1.165, 1.54) is 12.8 Å². The lowest BCUT2D eigenvalue weighted by atomic mass is 10.4. The Morgan fingerprint density at radius 2 is 2.11 bits per heavy atom. The van der Waals surface area contributed by atoms with E-state index in [4.69, 9.17) is 5.11 Å². The Bertz CT molecular complexity index is 192. The maximum atomic E-state index is 8.21. The summed E-state index contributed by atoms with van der Waals surface area (Å²) in [5.74, 6) is 11.3. The van der Waals surface area contributed by atoms with Crippen molar-refractivity contribution in [2.75, 3.05) is 6.61 Å². The molecular formula is C8H8O. The van der Waals surface area contributed by atoms with Crippen molar-refractivity contribution in [3.63, 3.8) is 0 Å². The van der Waals surface area contributed by atoms with Gasteiger partial charge in [0.1, 0.15) is 6.61 Å². The molecule has 1 N–H and O–H groups in total. The summed E-state index contributed by atoms with van der Waals surface area (Å²) in [5, 5.41) is 8.21. The van der Waals surface area contributed by atoms with E-state index in [-0.39, 0.29) is 6.61 Å². The Hall–Kier alpha value is -0.920. The van der Waals surface area contributed by atoms with E-state index in [0.717, 1.165) is 0 Å². The van der Waals surface area contributed by atoms with Crippen molar-refractivity contribution in [1.29, 1.82) is 0 Å². The third kappa shape index (κ3) is 2.80. The van der Waals surface area contributed by atoms with Crippen LogP contribution in [0, 0.1) is 29.6 Å². The zero-order chi connectivity index (χ0) is 6.53. The fourth-order valence-electron chi connectivity index (χ4n) is 0.450. The Kier molecular flexibility index (Phi) is 2.19. The van der Waals surface area contributed by atoms with Crippen LogP contribution < -0.4 is 0 Å². The molecule has 9 heavy (non-hydrogen) atoms. The lowest BCUT2D eigenvalue weighted by molar-refractivity contribution is 0.350. The Morgan fingerprint density at radius 1 is 1.33 bits per heavy atom. The average molecular weight is 120 g/mol. The highest BCUT2D eigenvalue weighted by Gasteiger charge is 2.17. The second-order valence-electron chi connectivity index (χ2n) is 2.00. The molecule has 1 fully saturated rings. The summed E-state index contributed by atoms with van der Waals surface area (Å²) in [7, 11) is 0. The third-order valence-corrected chi connectivity index (χ3v) is 1.08. The number of rotatable bonds is 0. The summed E-state index contributed by atoms with van der Waals surface area (Å²) < 4.78 is 0. The molecule has 1 nitrogen and oxygen atoms in total. The zero-order valence-electron chi connectivity index (χ0n) is 5.15. The van der Waals surface area contributed by atoms with Gasteiger partial charge in [-0.1, -0.05) is 11.8 Å². The smallest absolute Gasteiger partial charge is 0.105 e. The predicted molar refractivity (Wildman–Crippen MR) is 35.4 cm³/mol. The third-order valence-electron chi connectivity index (χ3n) is 1.08. The zero-order valence-corrected chi connectivity index (χ0v) is 5.15. The van der Waals surface area contributed by atoms with Crippen LogP contribution in [0.1, 0.15) is 12.8 Å². The highest BCUT2D eigenvalue weighted by molar-refractivity contribution is 5.28. The molecule has 0 unspecified atom stereocenters. The van der Waals surface area contributed by atoms with Gasteiger partial charge in [0.2, 0.25) is 0 Å². The summed E-state index contributed by atoms with van der Waals surface area (Å²) in [6.07, 6.45) is 2.46. The van der Waals surface area contributed by atoms with Crippen LogP contribution in [0.2, 0.25) is 0 Å². The lowest BCUT2D eigenvalue weighted by Crippen LogP contribution is -1.69. The van der Waals surface area contributed by atoms with E-state index >= 15 is 0 Å². The van der Waals surface area contributed by atoms with Gasteiger partial charge in [-0.3, -0.25) is 0 Å². The minimum Gasteiger partial charge on any atom is -0.384 e. The average Bonchev–Trinajstić information content (AvgIpc) is 2.63. The summed E-state index contributed by atoms with van der Waals surface area (Å²) in [4.78, 5) is 0. The minimum atomic E-state index is -0.0840. The molecule has 0 atom stereocenters. The molecule has 1 aliphatic carbocycles. The molecule has 1 aliphatic rings. The van der Waals surface area contributed by atoms with Crippen molar-refractivity contribution < 1.29 is 5.11 Å². The maximum absolute atomic E-state index is 8.21. The molecule has 0 amide bonds. The van der Waals surface area contributed by atoms with Crippen molar-refractivity contribution >= 4 is 0 Å². The largest absolute Gasteiger partial charge is 0.384 e. The van der Waals surface area contributed by atoms with Crippen LogP contribution >= 0.6 is 0 Å². The molecule has 1 saturated carbocycles. The molecule has 0 aromatic carbocycles. The SMILES string of the molecule is OCC#CC#CC1CC1. The van der Waals surface area contributed by atoms with Crippen molar-refractivity contribution in [2.45, 2.75) is 12.8 Å². The van der Waals surface area contributed by atoms with Crippen LogP contribution in [-0.4, -0.2) is 11.7 Å². The standard InChI is InChI=1S/C8H8O/c9-7-3-1-2-4-8-5-6-8/h8-9H,5-7H2. The van der Waals surface area contributed by atoms with Gasteiger partial charge in [-0.15, -0.1) is 0 Å². The molecule has 0 aliphatic heterocycles. The van der Waals surface area contributed by atoms with E-state index < -0.39 is 0 Å². The van der Waals surface area contributed by atoms with Gasteiger partial charge in [0.15, 0.2) is 0 Å². The van der Waals surface area contributed by atoms with Crippen molar-refractivity contribution in [1.82, 2.24) is 0 Å². The Balaban J connectivity index is 2.23. The van der Waals surface area contributed by atoms with Crippen molar-refractivity contribution in [2.24, 2.45) is 5.92 Å². The summed E-state index contributed by atoms with van der Waals surface area (Å²) in [6, 6.07) is 0. The molecule has 0 spiro atoms. The molecule has 0 bridgehead atoms. The first kappa shape index (κ1) is 6.20. The van der Waals surface area contributed by atoms with Gasteiger partial charge in [0, 0.05) is 5.92 Å². The second-order valence-corrected chi connectivity index (χ2v) is 2.00. The molecular weight excluding hydrogens is 112 g/mol. The monoisotopic (exact) mass is 120 g/mol.